The molecule has 1 aliphatic rings. The molecule has 1 amide bonds. The fourth-order valence-electron chi connectivity index (χ4n) is 3.87. The third-order valence-corrected chi connectivity index (χ3v) is 6.49. The Labute approximate surface area is 184 Å². The summed E-state index contributed by atoms with van der Waals surface area (Å²) in [5, 5.41) is 9.13. The number of fused-ring (bicyclic) bond motifs is 1. The van der Waals surface area contributed by atoms with Gasteiger partial charge in [0.25, 0.3) is 0 Å². The minimum absolute atomic E-state index is 0.113. The Morgan fingerprint density at radius 3 is 2.55 bits per heavy atom. The van der Waals surface area contributed by atoms with Crippen LogP contribution in [0.5, 0.6) is 0 Å². The van der Waals surface area contributed by atoms with Gasteiger partial charge in [0.15, 0.2) is 10.9 Å². The summed E-state index contributed by atoms with van der Waals surface area (Å²) in [5.74, 6) is 1.36. The first-order valence-corrected chi connectivity index (χ1v) is 11.2. The lowest BCUT2D eigenvalue weighted by molar-refractivity contribution is -0.131. The Balaban J connectivity index is 1.40. The lowest BCUT2D eigenvalue weighted by Crippen LogP contribution is -2.40. The van der Waals surface area contributed by atoms with Crippen LogP contribution in [0.25, 0.3) is 17.3 Å². The summed E-state index contributed by atoms with van der Waals surface area (Å²) in [6.45, 7) is 3.33. The maximum atomic E-state index is 13.2. The van der Waals surface area contributed by atoms with Crippen molar-refractivity contribution in [3.63, 3.8) is 0 Å². The highest BCUT2D eigenvalue weighted by Gasteiger charge is 2.28. The molecule has 0 aliphatic carbocycles. The van der Waals surface area contributed by atoms with Crippen LogP contribution in [-0.2, 0) is 17.8 Å². The van der Waals surface area contributed by atoms with Crippen LogP contribution in [0, 0.1) is 0 Å². The topological polar surface area (TPSA) is 64.2 Å². The standard InChI is InChI=1S/C24H22N4O2S/c1-17(23(29)27-14-13-18-8-5-6-9-19(18)16-27)31-24-26-25-22(21-12-7-15-30-21)28(24)20-10-3-2-4-11-20/h2-12,15,17H,13-14,16H2,1H3/t17-/m1/s1. The van der Waals surface area contributed by atoms with Crippen molar-refractivity contribution in [1.29, 1.82) is 0 Å². The molecule has 5 rings (SSSR count). The molecule has 1 aliphatic heterocycles. The van der Waals surface area contributed by atoms with Gasteiger partial charge in [0.05, 0.1) is 11.5 Å². The number of para-hydroxylation sites is 1. The smallest absolute Gasteiger partial charge is 0.236 e. The van der Waals surface area contributed by atoms with Crippen LogP contribution in [0.1, 0.15) is 18.1 Å². The van der Waals surface area contributed by atoms with Crippen molar-refractivity contribution in [2.45, 2.75) is 30.3 Å². The Hall–Kier alpha value is -3.32. The minimum Gasteiger partial charge on any atom is -0.461 e. The molecule has 0 N–H and O–H groups in total. The van der Waals surface area contributed by atoms with Gasteiger partial charge in [-0.05, 0) is 48.7 Å². The van der Waals surface area contributed by atoms with Crippen molar-refractivity contribution >= 4 is 17.7 Å². The Bertz CT molecular complexity index is 1190. The van der Waals surface area contributed by atoms with Gasteiger partial charge in [0.2, 0.25) is 11.7 Å². The van der Waals surface area contributed by atoms with Crippen LogP contribution in [0.15, 0.2) is 82.6 Å². The molecule has 4 aromatic rings. The number of benzene rings is 2. The minimum atomic E-state index is -0.290. The van der Waals surface area contributed by atoms with Crippen molar-refractivity contribution in [3.05, 3.63) is 84.1 Å². The molecular weight excluding hydrogens is 408 g/mol. The number of hydrogen-bond donors (Lipinski definition) is 0. The molecule has 0 fully saturated rings. The molecule has 0 saturated heterocycles. The SMILES string of the molecule is C[C@@H](Sc1nnc(-c2ccco2)n1-c1ccccc1)C(=O)N1CCc2ccccc2C1. The Morgan fingerprint density at radius 1 is 1.00 bits per heavy atom. The average molecular weight is 431 g/mol. The first-order chi connectivity index (χ1) is 15.2. The van der Waals surface area contributed by atoms with Crippen LogP contribution in [-0.4, -0.2) is 37.4 Å². The fraction of sp³-hybridized carbons (Fsp3) is 0.208. The Kier molecular flexibility index (Phi) is 5.34. The van der Waals surface area contributed by atoms with E-state index in [-0.39, 0.29) is 11.2 Å². The molecular formula is C24H22N4O2S. The second kappa shape index (κ2) is 8.43. The van der Waals surface area contributed by atoms with E-state index in [2.05, 4.69) is 28.4 Å². The van der Waals surface area contributed by atoms with Crippen LogP contribution in [0.2, 0.25) is 0 Å². The van der Waals surface area contributed by atoms with Crippen molar-refractivity contribution in [1.82, 2.24) is 19.7 Å². The number of furan rings is 1. The highest BCUT2D eigenvalue weighted by atomic mass is 32.2. The van der Waals surface area contributed by atoms with Gasteiger partial charge in [-0.3, -0.25) is 9.36 Å². The van der Waals surface area contributed by atoms with Crippen LogP contribution in [0.3, 0.4) is 0 Å². The number of amides is 1. The first kappa shape index (κ1) is 19.6. The maximum Gasteiger partial charge on any atom is 0.236 e. The summed E-state index contributed by atoms with van der Waals surface area (Å²) >= 11 is 1.42. The van der Waals surface area contributed by atoms with E-state index in [4.69, 9.17) is 4.42 Å². The zero-order valence-corrected chi connectivity index (χ0v) is 18.0. The highest BCUT2D eigenvalue weighted by molar-refractivity contribution is 8.00. The second-order valence-corrected chi connectivity index (χ2v) is 8.80. The molecule has 3 heterocycles. The third kappa shape index (κ3) is 3.88. The summed E-state index contributed by atoms with van der Waals surface area (Å²) in [4.78, 5) is 15.2. The largest absolute Gasteiger partial charge is 0.461 e. The lowest BCUT2D eigenvalue weighted by atomic mass is 10.00. The number of carbonyl (C=O) groups is 1. The molecule has 0 radical (unpaired) electrons. The van der Waals surface area contributed by atoms with E-state index in [1.165, 1.54) is 22.9 Å². The van der Waals surface area contributed by atoms with Crippen molar-refractivity contribution in [3.8, 4) is 17.3 Å². The van der Waals surface area contributed by atoms with Gasteiger partial charge in [0, 0.05) is 18.8 Å². The number of thioether (sulfide) groups is 1. The van der Waals surface area contributed by atoms with Crippen molar-refractivity contribution < 1.29 is 9.21 Å². The van der Waals surface area contributed by atoms with E-state index >= 15 is 0 Å². The predicted molar refractivity (Wildman–Crippen MR) is 120 cm³/mol. The molecule has 6 nitrogen and oxygen atoms in total. The monoisotopic (exact) mass is 430 g/mol. The lowest BCUT2D eigenvalue weighted by Gasteiger charge is -2.30. The summed E-state index contributed by atoms with van der Waals surface area (Å²) in [7, 11) is 0. The molecule has 0 unspecified atom stereocenters. The van der Waals surface area contributed by atoms with Crippen molar-refractivity contribution in [2.75, 3.05) is 6.54 Å². The van der Waals surface area contributed by atoms with E-state index < -0.39 is 0 Å². The van der Waals surface area contributed by atoms with Gasteiger partial charge >= 0.3 is 0 Å². The second-order valence-electron chi connectivity index (χ2n) is 7.49. The fourth-order valence-corrected chi connectivity index (χ4v) is 4.82. The van der Waals surface area contributed by atoms with E-state index in [0.717, 1.165) is 18.7 Å². The van der Waals surface area contributed by atoms with Gasteiger partial charge < -0.3 is 9.32 Å². The average Bonchev–Trinajstić information content (AvgIpc) is 3.49. The van der Waals surface area contributed by atoms with E-state index in [0.29, 0.717) is 23.3 Å². The molecule has 0 bridgehead atoms. The summed E-state index contributed by atoms with van der Waals surface area (Å²) in [5.41, 5.74) is 3.48. The van der Waals surface area contributed by atoms with Crippen LogP contribution < -0.4 is 0 Å². The maximum absolute atomic E-state index is 13.2. The molecule has 156 valence electrons. The van der Waals surface area contributed by atoms with Crippen molar-refractivity contribution in [2.24, 2.45) is 0 Å². The Morgan fingerprint density at radius 2 is 1.77 bits per heavy atom. The summed E-state index contributed by atoms with van der Waals surface area (Å²) in [6.07, 6.45) is 2.51. The molecule has 31 heavy (non-hydrogen) atoms. The van der Waals surface area contributed by atoms with Crippen LogP contribution >= 0.6 is 11.8 Å². The zero-order chi connectivity index (χ0) is 21.2. The number of hydrogen-bond acceptors (Lipinski definition) is 5. The number of aromatic nitrogens is 3. The number of nitrogens with zero attached hydrogens (tertiary/aromatic N) is 4. The van der Waals surface area contributed by atoms with Gasteiger partial charge in [-0.1, -0.05) is 54.2 Å². The van der Waals surface area contributed by atoms with Crippen LogP contribution in [0.4, 0.5) is 0 Å². The van der Waals surface area contributed by atoms with Gasteiger partial charge in [-0.25, -0.2) is 0 Å². The number of carbonyl (C=O) groups excluding carboxylic acids is 1. The van der Waals surface area contributed by atoms with E-state index in [1.54, 1.807) is 6.26 Å². The third-order valence-electron chi connectivity index (χ3n) is 5.46. The molecule has 2 aromatic carbocycles. The number of rotatable bonds is 5. The zero-order valence-electron chi connectivity index (χ0n) is 17.1. The van der Waals surface area contributed by atoms with E-state index in [9.17, 15) is 4.79 Å². The molecule has 0 spiro atoms. The highest BCUT2D eigenvalue weighted by Crippen LogP contribution is 2.31. The summed E-state index contributed by atoms with van der Waals surface area (Å²) < 4.78 is 7.51. The van der Waals surface area contributed by atoms with Gasteiger partial charge in [-0.2, -0.15) is 0 Å². The molecule has 1 atom stereocenters. The molecule has 7 heteroatoms. The van der Waals surface area contributed by atoms with Gasteiger partial charge in [-0.15, -0.1) is 10.2 Å². The normalized spacial score (nSPS) is 14.3. The first-order valence-electron chi connectivity index (χ1n) is 10.3. The summed E-state index contributed by atoms with van der Waals surface area (Å²) in [6, 6.07) is 21.9. The predicted octanol–water partition coefficient (Wildman–Crippen LogP) is 4.59. The quantitative estimate of drug-likeness (QED) is 0.433. The van der Waals surface area contributed by atoms with Gasteiger partial charge in [0.1, 0.15) is 0 Å². The van der Waals surface area contributed by atoms with E-state index in [1.807, 2.05) is 64.9 Å². The molecule has 0 saturated carbocycles. The molecule has 2 aromatic heterocycles.